The Hall–Kier alpha value is -1.88. The van der Waals surface area contributed by atoms with E-state index in [1.807, 2.05) is 31.2 Å². The van der Waals surface area contributed by atoms with Crippen molar-refractivity contribution < 1.29 is 4.79 Å². The maximum atomic E-state index is 10.2. The molecule has 13 heavy (non-hydrogen) atoms. The van der Waals surface area contributed by atoms with Gasteiger partial charge in [-0.1, -0.05) is 29.8 Å². The molecule has 0 atom stereocenters. The van der Waals surface area contributed by atoms with E-state index in [9.17, 15) is 4.79 Å². The van der Waals surface area contributed by atoms with Gasteiger partial charge in [-0.05, 0) is 18.6 Å². The van der Waals surface area contributed by atoms with Crippen LogP contribution < -0.4 is 0 Å². The molecule has 0 saturated carbocycles. The van der Waals surface area contributed by atoms with Gasteiger partial charge in [-0.3, -0.25) is 4.79 Å². The monoisotopic (exact) mass is 170 g/mol. The topological polar surface area (TPSA) is 40.9 Å². The molecule has 0 aliphatic heterocycles. The van der Waals surface area contributed by atoms with Crippen LogP contribution in [0, 0.1) is 18.3 Å². The molecule has 1 rings (SSSR count). The molecule has 0 amide bonds. The maximum Gasteiger partial charge on any atom is 0.244 e. The van der Waals surface area contributed by atoms with Gasteiger partial charge in [-0.15, -0.1) is 0 Å². The fraction of sp³-hybridized carbons (Fsp3) is 0.0909. The molecule has 0 fully saturated rings. The smallest absolute Gasteiger partial charge is 0.244 e. The van der Waals surface area contributed by atoms with Crippen LogP contribution >= 0.6 is 0 Å². The lowest BCUT2D eigenvalue weighted by Gasteiger charge is -1.93. The normalized spacial score (nSPS) is 10.6. The van der Waals surface area contributed by atoms with E-state index < -0.39 is 0 Å². The van der Waals surface area contributed by atoms with Gasteiger partial charge < -0.3 is 0 Å². The first-order valence-corrected chi connectivity index (χ1v) is 3.83. The summed E-state index contributed by atoms with van der Waals surface area (Å²) in [5, 5.41) is 8.46. The Morgan fingerprint density at radius 2 is 2.00 bits per heavy atom. The lowest BCUT2D eigenvalue weighted by Crippen LogP contribution is -1.80. The summed E-state index contributed by atoms with van der Waals surface area (Å²) in [6.07, 6.45) is 3.07. The Morgan fingerprint density at radius 3 is 2.46 bits per heavy atom. The average molecular weight is 170 g/mol. The minimum absolute atomic E-state index is 0.0175. The zero-order chi connectivity index (χ0) is 9.68. The van der Waals surface area contributed by atoms with Crippen LogP contribution in [0.25, 0.3) is 6.08 Å². The quantitative estimate of drug-likeness (QED) is 0.503. The van der Waals surface area contributed by atoms with E-state index in [2.05, 4.69) is 0 Å². The standard InChI is InChI=1S/C11H8NO/c1-9-2-4-10(5-3-9)6-11(7-12)8-13/h2-6H,1H3/b11-6+. The molecule has 0 aliphatic carbocycles. The van der Waals surface area contributed by atoms with E-state index in [0.717, 1.165) is 11.1 Å². The summed E-state index contributed by atoms with van der Waals surface area (Å²) in [4.78, 5) is 10.2. The van der Waals surface area contributed by atoms with Crippen LogP contribution in [-0.4, -0.2) is 6.29 Å². The van der Waals surface area contributed by atoms with Crippen LogP contribution in [0.1, 0.15) is 11.1 Å². The summed E-state index contributed by atoms with van der Waals surface area (Å²) in [7, 11) is 0. The third-order valence-corrected chi connectivity index (χ3v) is 1.62. The first-order chi connectivity index (χ1) is 6.26. The zero-order valence-corrected chi connectivity index (χ0v) is 7.24. The fourth-order valence-corrected chi connectivity index (χ4v) is 0.914. The van der Waals surface area contributed by atoms with Crippen molar-refractivity contribution in [1.29, 1.82) is 5.26 Å². The first-order valence-electron chi connectivity index (χ1n) is 3.83. The number of nitrogens with zero attached hydrogens (tertiary/aromatic N) is 1. The van der Waals surface area contributed by atoms with E-state index in [1.165, 1.54) is 6.08 Å². The van der Waals surface area contributed by atoms with Crippen LogP contribution in [0.5, 0.6) is 0 Å². The SMILES string of the molecule is Cc1ccc(/C=C(/[C]=O)C#N)cc1. The van der Waals surface area contributed by atoms with Gasteiger partial charge in [0.05, 0.1) is 0 Å². The summed E-state index contributed by atoms with van der Waals surface area (Å²) >= 11 is 0. The van der Waals surface area contributed by atoms with Gasteiger partial charge in [-0.2, -0.15) is 5.26 Å². The molecule has 0 unspecified atom stereocenters. The largest absolute Gasteiger partial charge is 0.284 e. The molecular formula is C11H8NO. The van der Waals surface area contributed by atoms with Crippen LogP contribution in [-0.2, 0) is 4.79 Å². The minimum Gasteiger partial charge on any atom is -0.284 e. The van der Waals surface area contributed by atoms with Gasteiger partial charge >= 0.3 is 0 Å². The Kier molecular flexibility index (Phi) is 2.99. The van der Waals surface area contributed by atoms with Gasteiger partial charge in [0.25, 0.3) is 0 Å². The molecule has 1 aromatic carbocycles. The van der Waals surface area contributed by atoms with Crippen molar-refractivity contribution in [1.82, 2.24) is 0 Å². The number of benzene rings is 1. The molecule has 0 aliphatic rings. The number of allylic oxidation sites excluding steroid dienone is 1. The highest BCUT2D eigenvalue weighted by atomic mass is 16.1. The molecule has 0 saturated heterocycles. The molecule has 2 nitrogen and oxygen atoms in total. The Bertz CT molecular complexity index is 368. The predicted molar refractivity (Wildman–Crippen MR) is 50.5 cm³/mol. The molecule has 63 valence electrons. The first kappa shape index (κ1) is 9.21. The Labute approximate surface area is 77.1 Å². The molecule has 0 heterocycles. The number of hydrogen-bond donors (Lipinski definition) is 0. The van der Waals surface area contributed by atoms with Gasteiger partial charge in [0.1, 0.15) is 11.6 Å². The molecule has 1 radical (unpaired) electrons. The van der Waals surface area contributed by atoms with E-state index in [1.54, 1.807) is 12.4 Å². The molecule has 0 bridgehead atoms. The third-order valence-electron chi connectivity index (χ3n) is 1.62. The van der Waals surface area contributed by atoms with Gasteiger partial charge in [-0.25, -0.2) is 0 Å². The number of hydrogen-bond acceptors (Lipinski definition) is 2. The molecule has 0 N–H and O–H groups in total. The van der Waals surface area contributed by atoms with E-state index in [-0.39, 0.29) is 5.57 Å². The predicted octanol–water partition coefficient (Wildman–Crippen LogP) is 2.01. The molecule has 1 aromatic rings. The van der Waals surface area contributed by atoms with Crippen LogP contribution in [0.15, 0.2) is 29.8 Å². The summed E-state index contributed by atoms with van der Waals surface area (Å²) in [5.74, 6) is 0. The number of carbonyl (C=O) groups excluding carboxylic acids is 1. The van der Waals surface area contributed by atoms with Crippen molar-refractivity contribution in [3.63, 3.8) is 0 Å². The maximum absolute atomic E-state index is 10.2. The lowest BCUT2D eigenvalue weighted by atomic mass is 10.1. The minimum atomic E-state index is 0.0175. The van der Waals surface area contributed by atoms with Crippen LogP contribution in [0.4, 0.5) is 0 Å². The third kappa shape index (κ3) is 2.57. The van der Waals surface area contributed by atoms with Crippen molar-refractivity contribution in [3.05, 3.63) is 41.0 Å². The highest BCUT2D eigenvalue weighted by Crippen LogP contribution is 2.06. The van der Waals surface area contributed by atoms with Crippen LogP contribution in [0.3, 0.4) is 0 Å². The van der Waals surface area contributed by atoms with E-state index in [4.69, 9.17) is 5.26 Å². The highest BCUT2D eigenvalue weighted by Gasteiger charge is 1.93. The Morgan fingerprint density at radius 1 is 1.38 bits per heavy atom. The second-order valence-electron chi connectivity index (χ2n) is 2.68. The second-order valence-corrected chi connectivity index (χ2v) is 2.68. The summed E-state index contributed by atoms with van der Waals surface area (Å²) in [6.45, 7) is 1.98. The summed E-state index contributed by atoms with van der Waals surface area (Å²) in [6, 6.07) is 9.30. The van der Waals surface area contributed by atoms with Gasteiger partial charge in [0.2, 0.25) is 6.29 Å². The van der Waals surface area contributed by atoms with Crippen molar-refractivity contribution >= 4 is 12.4 Å². The van der Waals surface area contributed by atoms with Gasteiger partial charge in [0.15, 0.2) is 0 Å². The zero-order valence-electron chi connectivity index (χ0n) is 7.24. The average Bonchev–Trinajstić information content (AvgIpc) is 2.17. The van der Waals surface area contributed by atoms with Crippen LogP contribution in [0.2, 0.25) is 0 Å². The second kappa shape index (κ2) is 4.22. The molecule has 2 heteroatoms. The van der Waals surface area contributed by atoms with Crippen molar-refractivity contribution in [2.75, 3.05) is 0 Å². The molecule has 0 spiro atoms. The Balaban J connectivity index is 2.98. The molecule has 0 aromatic heterocycles. The lowest BCUT2D eigenvalue weighted by molar-refractivity contribution is 0.563. The number of nitriles is 1. The number of rotatable bonds is 2. The highest BCUT2D eigenvalue weighted by molar-refractivity contribution is 5.87. The van der Waals surface area contributed by atoms with Crippen molar-refractivity contribution in [2.45, 2.75) is 6.92 Å². The molecular weight excluding hydrogens is 162 g/mol. The van der Waals surface area contributed by atoms with E-state index >= 15 is 0 Å². The van der Waals surface area contributed by atoms with Crippen molar-refractivity contribution in [3.8, 4) is 6.07 Å². The van der Waals surface area contributed by atoms with E-state index in [0.29, 0.717) is 0 Å². The summed E-state index contributed by atoms with van der Waals surface area (Å²) < 4.78 is 0. The van der Waals surface area contributed by atoms with Crippen molar-refractivity contribution in [2.24, 2.45) is 0 Å². The fourth-order valence-electron chi connectivity index (χ4n) is 0.914. The summed E-state index contributed by atoms with van der Waals surface area (Å²) in [5.41, 5.74) is 2.00. The van der Waals surface area contributed by atoms with Gasteiger partial charge in [0, 0.05) is 0 Å². The number of aryl methyl sites for hydroxylation is 1.